The first-order valence-electron chi connectivity index (χ1n) is 6.89. The fourth-order valence-electron chi connectivity index (χ4n) is 2.57. The fourth-order valence-corrected chi connectivity index (χ4v) is 2.88. The number of halogens is 2. The van der Waals surface area contributed by atoms with E-state index < -0.39 is 0 Å². The molecule has 3 nitrogen and oxygen atoms in total. The number of carbonyl (C=O) groups is 1. The number of amides is 1. The molecule has 2 rings (SSSR count). The lowest BCUT2D eigenvalue weighted by Gasteiger charge is -2.25. The molecule has 110 valence electrons. The molecular formula is C15H19Cl2NO2. The first kappa shape index (κ1) is 15.6. The quantitative estimate of drug-likeness (QED) is 0.921. The van der Waals surface area contributed by atoms with E-state index in [4.69, 9.17) is 27.9 Å². The highest BCUT2D eigenvalue weighted by Gasteiger charge is 2.26. The Morgan fingerprint density at radius 3 is 2.85 bits per heavy atom. The van der Waals surface area contributed by atoms with Gasteiger partial charge in [0, 0.05) is 26.0 Å². The minimum atomic E-state index is -0.0364. The molecule has 1 heterocycles. The van der Waals surface area contributed by atoms with Crippen LogP contribution in [-0.2, 0) is 9.53 Å². The van der Waals surface area contributed by atoms with E-state index in [0.29, 0.717) is 16.6 Å². The van der Waals surface area contributed by atoms with Crippen molar-refractivity contribution in [2.24, 2.45) is 0 Å². The fraction of sp³-hybridized carbons (Fsp3) is 0.533. The van der Waals surface area contributed by atoms with Crippen molar-refractivity contribution in [3.8, 4) is 0 Å². The van der Waals surface area contributed by atoms with Gasteiger partial charge in [0.25, 0.3) is 0 Å². The monoisotopic (exact) mass is 315 g/mol. The summed E-state index contributed by atoms with van der Waals surface area (Å²) in [7, 11) is 0. The molecule has 2 atom stereocenters. The van der Waals surface area contributed by atoms with Crippen LogP contribution in [0.1, 0.15) is 37.7 Å². The summed E-state index contributed by atoms with van der Waals surface area (Å²) in [6, 6.07) is 5.72. The van der Waals surface area contributed by atoms with Crippen LogP contribution >= 0.6 is 23.2 Å². The second kappa shape index (κ2) is 7.30. The smallest absolute Gasteiger partial charge is 0.216 e. The van der Waals surface area contributed by atoms with Crippen molar-refractivity contribution in [1.82, 2.24) is 5.32 Å². The highest BCUT2D eigenvalue weighted by molar-refractivity contribution is 6.42. The van der Waals surface area contributed by atoms with Crippen LogP contribution in [0, 0.1) is 0 Å². The maximum atomic E-state index is 11.1. The van der Waals surface area contributed by atoms with Crippen LogP contribution in [0.2, 0.25) is 10.0 Å². The number of hydrogen-bond acceptors (Lipinski definition) is 2. The van der Waals surface area contributed by atoms with Gasteiger partial charge in [-0.2, -0.15) is 0 Å². The Balaban J connectivity index is 2.18. The number of carbonyl (C=O) groups excluding carboxylic acids is 1. The molecule has 0 aromatic heterocycles. The number of hydrogen-bond donors (Lipinski definition) is 1. The summed E-state index contributed by atoms with van der Waals surface area (Å²) in [4.78, 5) is 11.1. The molecule has 0 spiro atoms. The van der Waals surface area contributed by atoms with Crippen molar-refractivity contribution in [1.29, 1.82) is 0 Å². The molecule has 0 unspecified atom stereocenters. The second-order valence-corrected chi connectivity index (χ2v) is 5.94. The van der Waals surface area contributed by atoms with Crippen LogP contribution in [0.15, 0.2) is 18.2 Å². The number of ether oxygens (including phenoxy) is 1. The molecule has 0 radical (unpaired) electrons. The van der Waals surface area contributed by atoms with E-state index in [1.807, 2.05) is 18.2 Å². The van der Waals surface area contributed by atoms with Gasteiger partial charge in [-0.1, -0.05) is 35.7 Å². The molecular weight excluding hydrogens is 297 g/mol. The molecule has 1 aliphatic rings. The van der Waals surface area contributed by atoms with E-state index in [2.05, 4.69) is 5.32 Å². The summed E-state index contributed by atoms with van der Waals surface area (Å²) in [5, 5.41) is 3.97. The van der Waals surface area contributed by atoms with E-state index >= 15 is 0 Å². The van der Waals surface area contributed by atoms with Crippen LogP contribution in [0.4, 0.5) is 0 Å². The molecule has 1 N–H and O–H groups in total. The standard InChI is InChI=1S/C15H19Cl2NO2/c1-10(19)18-9-15-12(4-2-3-7-20-15)11-5-6-13(16)14(17)8-11/h5-6,8,12,15H,2-4,7,9H2,1H3,(H,18,19)/t12-,15+/m0/s1. The van der Waals surface area contributed by atoms with Gasteiger partial charge >= 0.3 is 0 Å². The van der Waals surface area contributed by atoms with E-state index in [-0.39, 0.29) is 17.9 Å². The summed E-state index contributed by atoms with van der Waals surface area (Å²) in [6.07, 6.45) is 3.18. The van der Waals surface area contributed by atoms with E-state index in [0.717, 1.165) is 31.4 Å². The van der Waals surface area contributed by atoms with Crippen LogP contribution in [-0.4, -0.2) is 25.2 Å². The number of nitrogens with one attached hydrogen (secondary N) is 1. The highest BCUT2D eigenvalue weighted by Crippen LogP contribution is 2.33. The molecule has 0 bridgehead atoms. The van der Waals surface area contributed by atoms with Gasteiger partial charge in [0.1, 0.15) is 0 Å². The molecule has 1 aromatic carbocycles. The summed E-state index contributed by atoms with van der Waals surface area (Å²) < 4.78 is 5.90. The molecule has 0 aliphatic carbocycles. The average Bonchev–Trinajstić information content (AvgIpc) is 2.65. The van der Waals surface area contributed by atoms with E-state index in [1.54, 1.807) is 0 Å². The first-order chi connectivity index (χ1) is 9.58. The first-order valence-corrected chi connectivity index (χ1v) is 7.64. The third-order valence-electron chi connectivity index (χ3n) is 3.61. The normalized spacial score (nSPS) is 23.1. The van der Waals surface area contributed by atoms with Crippen molar-refractivity contribution in [2.75, 3.05) is 13.2 Å². The summed E-state index contributed by atoms with van der Waals surface area (Å²) in [5.74, 6) is 0.199. The Kier molecular flexibility index (Phi) is 5.70. The van der Waals surface area contributed by atoms with Crippen molar-refractivity contribution >= 4 is 29.1 Å². The molecule has 0 saturated carbocycles. The maximum Gasteiger partial charge on any atom is 0.216 e. The van der Waals surface area contributed by atoms with Crippen molar-refractivity contribution in [2.45, 2.75) is 38.2 Å². The Morgan fingerprint density at radius 2 is 2.15 bits per heavy atom. The minimum absolute atomic E-state index is 0.0151. The third kappa shape index (κ3) is 4.11. The minimum Gasteiger partial charge on any atom is -0.376 e. The van der Waals surface area contributed by atoms with Gasteiger partial charge < -0.3 is 10.1 Å². The van der Waals surface area contributed by atoms with Crippen molar-refractivity contribution in [3.05, 3.63) is 33.8 Å². The lowest BCUT2D eigenvalue weighted by molar-refractivity contribution is -0.119. The van der Waals surface area contributed by atoms with Gasteiger partial charge in [0.05, 0.1) is 16.1 Å². The lowest BCUT2D eigenvalue weighted by Crippen LogP contribution is -2.35. The topological polar surface area (TPSA) is 38.3 Å². The zero-order chi connectivity index (χ0) is 14.5. The van der Waals surface area contributed by atoms with Gasteiger partial charge in [0.15, 0.2) is 0 Å². The average molecular weight is 316 g/mol. The highest BCUT2D eigenvalue weighted by atomic mass is 35.5. The Morgan fingerprint density at radius 1 is 1.35 bits per heavy atom. The van der Waals surface area contributed by atoms with Gasteiger partial charge in [-0.25, -0.2) is 0 Å². The maximum absolute atomic E-state index is 11.1. The van der Waals surface area contributed by atoms with Gasteiger partial charge in [0.2, 0.25) is 5.91 Å². The number of benzene rings is 1. The van der Waals surface area contributed by atoms with Crippen LogP contribution in [0.25, 0.3) is 0 Å². The van der Waals surface area contributed by atoms with Crippen LogP contribution < -0.4 is 5.32 Å². The zero-order valence-corrected chi connectivity index (χ0v) is 13.0. The molecule has 1 amide bonds. The van der Waals surface area contributed by atoms with Crippen LogP contribution in [0.3, 0.4) is 0 Å². The number of rotatable bonds is 3. The Hall–Kier alpha value is -0.770. The molecule has 1 aromatic rings. The molecule has 20 heavy (non-hydrogen) atoms. The van der Waals surface area contributed by atoms with Gasteiger partial charge in [-0.15, -0.1) is 0 Å². The molecule has 1 saturated heterocycles. The Labute approximate surface area is 129 Å². The largest absolute Gasteiger partial charge is 0.376 e. The van der Waals surface area contributed by atoms with E-state index in [1.165, 1.54) is 6.92 Å². The molecule has 1 fully saturated rings. The van der Waals surface area contributed by atoms with Crippen molar-refractivity contribution < 1.29 is 9.53 Å². The van der Waals surface area contributed by atoms with Crippen LogP contribution in [0.5, 0.6) is 0 Å². The summed E-state index contributed by atoms with van der Waals surface area (Å²) in [6.45, 7) is 2.78. The van der Waals surface area contributed by atoms with E-state index in [9.17, 15) is 4.79 Å². The predicted molar refractivity (Wildman–Crippen MR) is 81.5 cm³/mol. The molecule has 5 heteroatoms. The lowest BCUT2D eigenvalue weighted by atomic mass is 9.89. The summed E-state index contributed by atoms with van der Waals surface area (Å²) >= 11 is 12.1. The predicted octanol–water partition coefficient (Wildman–Crippen LogP) is 3.78. The SMILES string of the molecule is CC(=O)NC[C@H]1OCCCC[C@H]1c1ccc(Cl)c(Cl)c1. The third-order valence-corrected chi connectivity index (χ3v) is 4.35. The van der Waals surface area contributed by atoms with Gasteiger partial charge in [-0.3, -0.25) is 4.79 Å². The Bertz CT molecular complexity index is 479. The van der Waals surface area contributed by atoms with Gasteiger partial charge in [-0.05, 0) is 30.5 Å². The zero-order valence-electron chi connectivity index (χ0n) is 11.5. The summed E-state index contributed by atoms with van der Waals surface area (Å²) in [5.41, 5.74) is 1.12. The second-order valence-electron chi connectivity index (χ2n) is 5.12. The molecule has 1 aliphatic heterocycles. The van der Waals surface area contributed by atoms with Crippen molar-refractivity contribution in [3.63, 3.8) is 0 Å².